The lowest BCUT2D eigenvalue weighted by Crippen LogP contribution is -2.24. The van der Waals surface area contributed by atoms with E-state index < -0.39 is 5.97 Å². The Bertz CT molecular complexity index is 1100. The van der Waals surface area contributed by atoms with Crippen molar-refractivity contribution in [3.63, 3.8) is 0 Å². The normalized spacial score (nSPS) is 11.0. The molecule has 148 valence electrons. The first-order valence-corrected chi connectivity index (χ1v) is 9.63. The molecule has 0 aliphatic rings. The van der Waals surface area contributed by atoms with E-state index in [9.17, 15) is 9.59 Å². The van der Waals surface area contributed by atoms with Crippen LogP contribution in [0.1, 0.15) is 23.3 Å². The monoisotopic (exact) mass is 402 g/mol. The van der Waals surface area contributed by atoms with Crippen molar-refractivity contribution in [1.29, 1.82) is 0 Å². The van der Waals surface area contributed by atoms with Gasteiger partial charge in [-0.05, 0) is 44.0 Å². The van der Waals surface area contributed by atoms with Gasteiger partial charge in [-0.25, -0.2) is 4.98 Å². The molecule has 0 fully saturated rings. The van der Waals surface area contributed by atoms with Crippen LogP contribution in [0.5, 0.6) is 11.5 Å². The lowest BCUT2D eigenvalue weighted by molar-refractivity contribution is -0.137. The minimum absolute atomic E-state index is 0.0164. The van der Waals surface area contributed by atoms with Gasteiger partial charge in [0.1, 0.15) is 10.7 Å². The number of thiophene rings is 1. The zero-order chi connectivity index (χ0) is 20.4. The summed E-state index contributed by atoms with van der Waals surface area (Å²) in [5, 5.41) is 9.56. The predicted molar refractivity (Wildman–Crippen MR) is 109 cm³/mol. The van der Waals surface area contributed by atoms with Gasteiger partial charge in [-0.2, -0.15) is 0 Å². The van der Waals surface area contributed by atoms with Crippen molar-refractivity contribution in [3.05, 3.63) is 39.0 Å². The van der Waals surface area contributed by atoms with Crippen LogP contribution in [0.15, 0.2) is 23.0 Å². The number of carbonyl (C=O) groups is 1. The largest absolute Gasteiger partial charge is 0.493 e. The minimum atomic E-state index is -0.891. The SMILES string of the molecule is COc1ccc(-c2nc3sc(C)c(C)c3c(=O)n2CCCC(=O)O)cc1OC. The number of hydrogen-bond donors (Lipinski definition) is 1. The van der Waals surface area contributed by atoms with Crippen LogP contribution in [-0.2, 0) is 11.3 Å². The fourth-order valence-electron chi connectivity index (χ4n) is 3.12. The number of carboxylic acids is 1. The van der Waals surface area contributed by atoms with E-state index in [1.54, 1.807) is 30.9 Å². The fraction of sp³-hybridized carbons (Fsp3) is 0.350. The molecule has 1 N–H and O–H groups in total. The number of aryl methyl sites for hydroxylation is 2. The highest BCUT2D eigenvalue weighted by Crippen LogP contribution is 2.33. The molecule has 0 unspecified atom stereocenters. The van der Waals surface area contributed by atoms with Gasteiger partial charge in [0.05, 0.1) is 19.6 Å². The van der Waals surface area contributed by atoms with Crippen LogP contribution in [0.3, 0.4) is 0 Å². The molecule has 2 heterocycles. The number of hydrogen-bond acceptors (Lipinski definition) is 6. The fourth-order valence-corrected chi connectivity index (χ4v) is 4.14. The average molecular weight is 402 g/mol. The highest BCUT2D eigenvalue weighted by molar-refractivity contribution is 7.18. The topological polar surface area (TPSA) is 90.7 Å². The third-order valence-electron chi connectivity index (χ3n) is 4.70. The zero-order valence-corrected chi connectivity index (χ0v) is 17.1. The number of rotatable bonds is 7. The number of benzene rings is 1. The first kappa shape index (κ1) is 19.9. The summed E-state index contributed by atoms with van der Waals surface area (Å²) in [6.07, 6.45) is 0.322. The molecule has 2 aromatic heterocycles. The van der Waals surface area contributed by atoms with Crippen LogP contribution in [0.2, 0.25) is 0 Å². The average Bonchev–Trinajstić information content (AvgIpc) is 2.96. The molecule has 7 nitrogen and oxygen atoms in total. The molecule has 0 radical (unpaired) electrons. The molecule has 0 saturated heterocycles. The van der Waals surface area contributed by atoms with Gasteiger partial charge in [0.25, 0.3) is 5.56 Å². The maximum absolute atomic E-state index is 13.2. The summed E-state index contributed by atoms with van der Waals surface area (Å²) >= 11 is 1.48. The molecule has 0 saturated carbocycles. The maximum Gasteiger partial charge on any atom is 0.303 e. The van der Waals surface area contributed by atoms with Crippen LogP contribution in [0.4, 0.5) is 0 Å². The van der Waals surface area contributed by atoms with Crippen molar-refractivity contribution < 1.29 is 19.4 Å². The first-order valence-electron chi connectivity index (χ1n) is 8.82. The minimum Gasteiger partial charge on any atom is -0.493 e. The summed E-state index contributed by atoms with van der Waals surface area (Å²) in [5.74, 6) is 0.710. The van der Waals surface area contributed by atoms with E-state index in [2.05, 4.69) is 0 Å². The number of aliphatic carboxylic acids is 1. The second kappa shape index (κ2) is 8.02. The summed E-state index contributed by atoms with van der Waals surface area (Å²) in [7, 11) is 3.10. The summed E-state index contributed by atoms with van der Waals surface area (Å²) < 4.78 is 12.2. The Labute approximate surface area is 166 Å². The second-order valence-corrected chi connectivity index (χ2v) is 7.63. The van der Waals surface area contributed by atoms with E-state index in [4.69, 9.17) is 19.6 Å². The van der Waals surface area contributed by atoms with Gasteiger partial charge in [-0.1, -0.05) is 0 Å². The molecule has 8 heteroatoms. The third kappa shape index (κ3) is 3.60. The van der Waals surface area contributed by atoms with E-state index >= 15 is 0 Å². The molecule has 28 heavy (non-hydrogen) atoms. The van der Waals surface area contributed by atoms with Crippen molar-refractivity contribution in [2.75, 3.05) is 14.2 Å². The Kier molecular flexibility index (Phi) is 5.69. The molecule has 0 spiro atoms. The van der Waals surface area contributed by atoms with Gasteiger partial charge in [-0.15, -0.1) is 11.3 Å². The number of carboxylic acid groups (broad SMARTS) is 1. The molecule has 3 rings (SSSR count). The molecule has 1 aromatic carbocycles. The molecule has 0 aliphatic carbocycles. The summed E-state index contributed by atoms with van der Waals surface area (Å²) in [6.45, 7) is 4.15. The van der Waals surface area contributed by atoms with Gasteiger partial charge in [-0.3, -0.25) is 14.2 Å². The summed E-state index contributed by atoms with van der Waals surface area (Å²) in [6, 6.07) is 5.35. The third-order valence-corrected chi connectivity index (χ3v) is 5.80. The lowest BCUT2D eigenvalue weighted by Gasteiger charge is -2.14. The van der Waals surface area contributed by atoms with Crippen molar-refractivity contribution in [1.82, 2.24) is 9.55 Å². The summed E-state index contributed by atoms with van der Waals surface area (Å²) in [5.41, 5.74) is 1.47. The van der Waals surface area contributed by atoms with E-state index in [0.717, 1.165) is 10.4 Å². The van der Waals surface area contributed by atoms with Crippen LogP contribution >= 0.6 is 11.3 Å². The Morgan fingerprint density at radius 3 is 2.57 bits per heavy atom. The Hall–Kier alpha value is -2.87. The highest BCUT2D eigenvalue weighted by atomic mass is 32.1. The number of fused-ring (bicyclic) bond motifs is 1. The summed E-state index contributed by atoms with van der Waals surface area (Å²) in [4.78, 5) is 30.6. The van der Waals surface area contributed by atoms with Gasteiger partial charge in [0, 0.05) is 23.4 Å². The second-order valence-electron chi connectivity index (χ2n) is 6.42. The molecule has 0 atom stereocenters. The van der Waals surface area contributed by atoms with Crippen LogP contribution in [-0.4, -0.2) is 34.8 Å². The van der Waals surface area contributed by atoms with Crippen molar-refractivity contribution in [2.45, 2.75) is 33.2 Å². The van der Waals surface area contributed by atoms with Crippen molar-refractivity contribution in [2.24, 2.45) is 0 Å². The Morgan fingerprint density at radius 1 is 1.21 bits per heavy atom. The van der Waals surface area contributed by atoms with Crippen LogP contribution in [0.25, 0.3) is 21.6 Å². The van der Waals surface area contributed by atoms with Gasteiger partial charge < -0.3 is 14.6 Å². The number of methoxy groups -OCH3 is 2. The van der Waals surface area contributed by atoms with Gasteiger partial charge in [0.15, 0.2) is 11.5 Å². The molecule has 0 bridgehead atoms. The van der Waals surface area contributed by atoms with Crippen molar-refractivity contribution >= 4 is 27.5 Å². The standard InChI is InChI=1S/C20H22N2O5S/c1-11-12(2)28-19-17(11)20(25)22(9-5-6-16(23)24)18(21-19)13-7-8-14(26-3)15(10-13)27-4/h7-8,10H,5-6,9H2,1-4H3,(H,23,24). The van der Waals surface area contributed by atoms with Crippen LogP contribution < -0.4 is 15.0 Å². The number of ether oxygens (including phenoxy) is 2. The highest BCUT2D eigenvalue weighted by Gasteiger charge is 2.19. The number of nitrogens with zero attached hydrogens (tertiary/aromatic N) is 2. The smallest absolute Gasteiger partial charge is 0.303 e. The first-order chi connectivity index (χ1) is 13.4. The Balaban J connectivity index is 2.22. The van der Waals surface area contributed by atoms with E-state index in [1.807, 2.05) is 19.9 Å². The molecule has 0 aliphatic heterocycles. The molecular formula is C20H22N2O5S. The van der Waals surface area contributed by atoms with E-state index in [-0.39, 0.29) is 18.5 Å². The van der Waals surface area contributed by atoms with E-state index in [1.165, 1.54) is 11.3 Å². The van der Waals surface area contributed by atoms with E-state index in [0.29, 0.717) is 39.5 Å². The van der Waals surface area contributed by atoms with Crippen molar-refractivity contribution in [3.8, 4) is 22.9 Å². The number of aromatic nitrogens is 2. The quantitative estimate of drug-likeness (QED) is 0.649. The molecule has 0 amide bonds. The predicted octanol–water partition coefficient (Wildman–Crippen LogP) is 3.62. The van der Waals surface area contributed by atoms with Gasteiger partial charge >= 0.3 is 5.97 Å². The maximum atomic E-state index is 13.2. The molecular weight excluding hydrogens is 380 g/mol. The molecule has 3 aromatic rings. The Morgan fingerprint density at radius 2 is 1.93 bits per heavy atom. The van der Waals surface area contributed by atoms with Gasteiger partial charge in [0.2, 0.25) is 0 Å². The zero-order valence-electron chi connectivity index (χ0n) is 16.2. The lowest BCUT2D eigenvalue weighted by atomic mass is 10.1. The van der Waals surface area contributed by atoms with Crippen LogP contribution in [0, 0.1) is 13.8 Å².